The lowest BCUT2D eigenvalue weighted by molar-refractivity contribution is 0.279. The molecule has 1 rings (SSSR count). The van der Waals surface area contributed by atoms with Crippen LogP contribution in [0.1, 0.15) is 74.7 Å². The van der Waals surface area contributed by atoms with Gasteiger partial charge in [-0.3, -0.25) is 0 Å². The van der Waals surface area contributed by atoms with E-state index in [1.807, 2.05) is 13.8 Å². The molecule has 0 amide bonds. The minimum Gasteiger partial charge on any atom is -0.0776 e. The van der Waals surface area contributed by atoms with E-state index in [1.54, 1.807) is 0 Å². The fourth-order valence-corrected chi connectivity index (χ4v) is 1.80. The summed E-state index contributed by atoms with van der Waals surface area (Å²) in [5.74, 6) is 1.99. The van der Waals surface area contributed by atoms with Gasteiger partial charge in [-0.15, -0.1) is 0 Å². The highest BCUT2D eigenvalue weighted by molar-refractivity contribution is 4.67. The summed E-state index contributed by atoms with van der Waals surface area (Å²) in [7, 11) is 0. The summed E-state index contributed by atoms with van der Waals surface area (Å²) in [5, 5.41) is 0. The molecular formula is C13H32. The Hall–Kier alpha value is 0. The van der Waals surface area contributed by atoms with Crippen molar-refractivity contribution in [2.45, 2.75) is 74.7 Å². The first kappa shape index (κ1) is 18.7. The summed E-state index contributed by atoms with van der Waals surface area (Å²) in [6.07, 6.45) is 7.46. The Bertz CT molecular complexity index is 68.1. The molecule has 0 aliphatic heterocycles. The number of hydrogen-bond acceptors (Lipinski definition) is 0. The van der Waals surface area contributed by atoms with Crippen molar-refractivity contribution < 1.29 is 0 Å². The second-order valence-corrected chi connectivity index (χ2v) is 3.64. The fraction of sp³-hybridized carbons (Fsp3) is 1.00. The van der Waals surface area contributed by atoms with E-state index in [9.17, 15) is 0 Å². The van der Waals surface area contributed by atoms with Gasteiger partial charge in [0.15, 0.2) is 0 Å². The molecule has 0 bridgehead atoms. The quantitative estimate of drug-likeness (QED) is 0.508. The normalized spacial score (nSPS) is 16.4. The predicted molar refractivity (Wildman–Crippen MR) is 66.2 cm³/mol. The van der Waals surface area contributed by atoms with Crippen molar-refractivity contribution in [3.63, 3.8) is 0 Å². The zero-order chi connectivity index (χ0) is 8.69. The van der Waals surface area contributed by atoms with Crippen molar-refractivity contribution in [1.29, 1.82) is 0 Å². The maximum atomic E-state index is 2.36. The van der Waals surface area contributed by atoms with Crippen LogP contribution in [0.2, 0.25) is 0 Å². The van der Waals surface area contributed by atoms with E-state index in [0.29, 0.717) is 0 Å². The van der Waals surface area contributed by atoms with Gasteiger partial charge in [0.2, 0.25) is 0 Å². The maximum absolute atomic E-state index is 2.36. The Morgan fingerprint density at radius 3 is 1.46 bits per heavy atom. The molecule has 0 aromatic heterocycles. The van der Waals surface area contributed by atoms with Gasteiger partial charge in [-0.2, -0.15) is 0 Å². The van der Waals surface area contributed by atoms with Crippen molar-refractivity contribution in [3.8, 4) is 0 Å². The Morgan fingerprint density at radius 1 is 0.846 bits per heavy atom. The van der Waals surface area contributed by atoms with Gasteiger partial charge in [0.1, 0.15) is 0 Å². The van der Waals surface area contributed by atoms with Crippen LogP contribution in [0.5, 0.6) is 0 Å². The van der Waals surface area contributed by atoms with Gasteiger partial charge in [-0.25, -0.2) is 0 Å². The summed E-state index contributed by atoms with van der Waals surface area (Å²) in [5.41, 5.74) is 0. The van der Waals surface area contributed by atoms with Crippen LogP contribution in [0, 0.1) is 11.8 Å². The molecule has 84 valence electrons. The summed E-state index contributed by atoms with van der Waals surface area (Å²) in [6, 6.07) is 0. The van der Waals surface area contributed by atoms with Gasteiger partial charge in [-0.1, -0.05) is 74.7 Å². The minimum absolute atomic E-state index is 0. The van der Waals surface area contributed by atoms with Crippen LogP contribution in [0.4, 0.5) is 0 Å². The third kappa shape index (κ3) is 8.33. The Balaban J connectivity index is -0.000000234. The average molecular weight is 188 g/mol. The summed E-state index contributed by atoms with van der Waals surface area (Å²) in [6.45, 7) is 8.71. The summed E-state index contributed by atoms with van der Waals surface area (Å²) in [4.78, 5) is 0. The number of hydrogen-bond donors (Lipinski definition) is 0. The van der Waals surface area contributed by atoms with E-state index in [4.69, 9.17) is 0 Å². The van der Waals surface area contributed by atoms with E-state index in [2.05, 4.69) is 13.8 Å². The zero-order valence-electron chi connectivity index (χ0n) is 8.69. The molecule has 0 saturated heterocycles. The molecule has 0 aromatic rings. The predicted octanol–water partition coefficient (Wildman–Crippen LogP) is 5.52. The monoisotopic (exact) mass is 188 g/mol. The molecule has 1 fully saturated rings. The van der Waals surface area contributed by atoms with Crippen LogP contribution in [0.3, 0.4) is 0 Å². The topological polar surface area (TPSA) is 0 Å². The fourth-order valence-electron chi connectivity index (χ4n) is 1.80. The molecule has 0 N–H and O–H groups in total. The molecular weight excluding hydrogens is 156 g/mol. The molecule has 0 heterocycles. The van der Waals surface area contributed by atoms with Crippen molar-refractivity contribution in [3.05, 3.63) is 0 Å². The summed E-state index contributed by atoms with van der Waals surface area (Å²) >= 11 is 0. The SMILES string of the molecule is C.C.CC.CC(C)C1CCCCC1. The van der Waals surface area contributed by atoms with Crippen molar-refractivity contribution in [2.24, 2.45) is 11.8 Å². The second kappa shape index (κ2) is 12.0. The number of rotatable bonds is 1. The lowest BCUT2D eigenvalue weighted by atomic mass is 9.82. The van der Waals surface area contributed by atoms with Gasteiger partial charge < -0.3 is 0 Å². The first-order chi connectivity index (χ1) is 5.30. The van der Waals surface area contributed by atoms with Crippen molar-refractivity contribution >= 4 is 0 Å². The molecule has 1 saturated carbocycles. The van der Waals surface area contributed by atoms with E-state index in [1.165, 1.54) is 32.1 Å². The van der Waals surface area contributed by atoms with E-state index < -0.39 is 0 Å². The van der Waals surface area contributed by atoms with E-state index in [-0.39, 0.29) is 14.9 Å². The maximum Gasteiger partial charge on any atom is -0.0391 e. The van der Waals surface area contributed by atoms with E-state index in [0.717, 1.165) is 11.8 Å². The molecule has 0 heteroatoms. The van der Waals surface area contributed by atoms with Gasteiger partial charge in [0, 0.05) is 0 Å². The van der Waals surface area contributed by atoms with Crippen LogP contribution in [-0.4, -0.2) is 0 Å². The van der Waals surface area contributed by atoms with Crippen molar-refractivity contribution in [2.75, 3.05) is 0 Å². The highest BCUT2D eigenvalue weighted by Gasteiger charge is 2.15. The highest BCUT2D eigenvalue weighted by Crippen LogP contribution is 2.29. The third-order valence-corrected chi connectivity index (χ3v) is 2.59. The molecule has 0 atom stereocenters. The zero-order valence-corrected chi connectivity index (χ0v) is 8.69. The van der Waals surface area contributed by atoms with Crippen molar-refractivity contribution in [1.82, 2.24) is 0 Å². The highest BCUT2D eigenvalue weighted by atomic mass is 14.2. The molecule has 0 nitrogen and oxygen atoms in total. The largest absolute Gasteiger partial charge is 0.0776 e. The van der Waals surface area contributed by atoms with Crippen LogP contribution in [0.15, 0.2) is 0 Å². The smallest absolute Gasteiger partial charge is 0.0391 e. The lowest BCUT2D eigenvalue weighted by Crippen LogP contribution is -2.12. The molecule has 13 heavy (non-hydrogen) atoms. The van der Waals surface area contributed by atoms with Gasteiger partial charge >= 0.3 is 0 Å². The molecule has 0 spiro atoms. The second-order valence-electron chi connectivity index (χ2n) is 3.64. The molecule has 0 unspecified atom stereocenters. The van der Waals surface area contributed by atoms with Crippen LogP contribution < -0.4 is 0 Å². The first-order valence-corrected chi connectivity index (χ1v) is 5.30. The van der Waals surface area contributed by atoms with Gasteiger partial charge in [0.25, 0.3) is 0 Å². The first-order valence-electron chi connectivity index (χ1n) is 5.30. The van der Waals surface area contributed by atoms with Crippen LogP contribution >= 0.6 is 0 Å². The van der Waals surface area contributed by atoms with E-state index >= 15 is 0 Å². The Labute approximate surface area is 87.1 Å². The van der Waals surface area contributed by atoms with Crippen LogP contribution in [0.25, 0.3) is 0 Å². The Morgan fingerprint density at radius 2 is 1.23 bits per heavy atom. The lowest BCUT2D eigenvalue weighted by Gasteiger charge is -2.24. The average Bonchev–Trinajstić information content (AvgIpc) is 2.10. The molecule has 1 aliphatic carbocycles. The van der Waals surface area contributed by atoms with Gasteiger partial charge in [0.05, 0.1) is 0 Å². The summed E-state index contributed by atoms with van der Waals surface area (Å²) < 4.78 is 0. The van der Waals surface area contributed by atoms with Gasteiger partial charge in [-0.05, 0) is 11.8 Å². The minimum atomic E-state index is 0. The molecule has 0 aromatic carbocycles. The molecule has 1 aliphatic rings. The van der Waals surface area contributed by atoms with Crippen LogP contribution in [-0.2, 0) is 0 Å². The standard InChI is InChI=1S/C9H18.C2H6.2CH4/c1-8(2)9-6-4-3-5-7-9;1-2;;/h8-9H,3-7H2,1-2H3;1-2H3;2*1H4. The third-order valence-electron chi connectivity index (χ3n) is 2.59. The molecule has 0 radical (unpaired) electrons. The Kier molecular flexibility index (Phi) is 17.3.